The summed E-state index contributed by atoms with van der Waals surface area (Å²) in [5.74, 6) is -1.21. The smallest absolute Gasteiger partial charge is 0.326 e. The molecule has 15 heavy (non-hydrogen) atoms. The van der Waals surface area contributed by atoms with Crippen LogP contribution in [0.15, 0.2) is 0 Å². The SMILES string of the molecule is CC[C@H](C)[C@H](NC(=O)C1CNC1)C(=O)O. The second-order valence-corrected chi connectivity index (χ2v) is 4.07. The van der Waals surface area contributed by atoms with Crippen LogP contribution < -0.4 is 10.6 Å². The number of nitrogens with one attached hydrogen (secondary N) is 2. The van der Waals surface area contributed by atoms with E-state index in [9.17, 15) is 9.59 Å². The van der Waals surface area contributed by atoms with Gasteiger partial charge in [-0.25, -0.2) is 4.79 Å². The predicted octanol–water partition coefficient (Wildman–Crippen LogP) is -0.179. The van der Waals surface area contributed by atoms with E-state index in [1.165, 1.54) is 0 Å². The number of carbonyl (C=O) groups excluding carboxylic acids is 1. The molecule has 3 N–H and O–H groups in total. The number of hydrogen-bond acceptors (Lipinski definition) is 3. The number of amides is 1. The minimum Gasteiger partial charge on any atom is -0.480 e. The standard InChI is InChI=1S/C10H18N2O3/c1-3-6(2)8(10(14)15)12-9(13)7-4-11-5-7/h6-8,11H,3-5H2,1-2H3,(H,12,13)(H,14,15)/t6-,8-/m0/s1. The fourth-order valence-electron chi connectivity index (χ4n) is 1.43. The Kier molecular flexibility index (Phi) is 4.08. The van der Waals surface area contributed by atoms with Gasteiger partial charge in [-0.1, -0.05) is 20.3 Å². The molecule has 0 aliphatic carbocycles. The Morgan fingerprint density at radius 2 is 2.13 bits per heavy atom. The number of carboxylic acid groups (broad SMARTS) is 1. The summed E-state index contributed by atoms with van der Waals surface area (Å²) < 4.78 is 0. The average Bonchev–Trinajstić information content (AvgIpc) is 2.09. The van der Waals surface area contributed by atoms with Gasteiger partial charge in [-0.15, -0.1) is 0 Å². The molecule has 1 rings (SSSR count). The number of carboxylic acids is 1. The third-order valence-electron chi connectivity index (χ3n) is 2.93. The summed E-state index contributed by atoms with van der Waals surface area (Å²) in [6.45, 7) is 5.05. The van der Waals surface area contributed by atoms with Crippen LogP contribution in [0.2, 0.25) is 0 Å². The second kappa shape index (κ2) is 5.11. The Labute approximate surface area is 89.2 Å². The van der Waals surface area contributed by atoms with Crippen molar-refractivity contribution in [3.63, 3.8) is 0 Å². The van der Waals surface area contributed by atoms with E-state index < -0.39 is 12.0 Å². The molecular weight excluding hydrogens is 196 g/mol. The van der Waals surface area contributed by atoms with Crippen molar-refractivity contribution in [3.8, 4) is 0 Å². The molecule has 2 atom stereocenters. The van der Waals surface area contributed by atoms with Crippen molar-refractivity contribution in [2.75, 3.05) is 13.1 Å². The summed E-state index contributed by atoms with van der Waals surface area (Å²) in [5, 5.41) is 14.5. The summed E-state index contributed by atoms with van der Waals surface area (Å²) in [6, 6.07) is -0.761. The topological polar surface area (TPSA) is 78.4 Å². The van der Waals surface area contributed by atoms with Crippen molar-refractivity contribution in [1.82, 2.24) is 10.6 Å². The Hall–Kier alpha value is -1.10. The van der Waals surface area contributed by atoms with Gasteiger partial charge in [0.15, 0.2) is 0 Å². The van der Waals surface area contributed by atoms with E-state index in [1.54, 1.807) is 0 Å². The van der Waals surface area contributed by atoms with E-state index in [0.717, 1.165) is 6.42 Å². The Morgan fingerprint density at radius 3 is 2.47 bits per heavy atom. The van der Waals surface area contributed by atoms with Gasteiger partial charge in [0.05, 0.1) is 5.92 Å². The van der Waals surface area contributed by atoms with Crippen molar-refractivity contribution < 1.29 is 14.7 Å². The zero-order chi connectivity index (χ0) is 11.4. The molecule has 0 spiro atoms. The molecule has 1 saturated heterocycles. The van der Waals surface area contributed by atoms with Crippen molar-refractivity contribution in [2.24, 2.45) is 11.8 Å². The summed E-state index contributed by atoms with van der Waals surface area (Å²) in [6.07, 6.45) is 0.736. The first-order valence-electron chi connectivity index (χ1n) is 5.30. The van der Waals surface area contributed by atoms with Crippen LogP contribution >= 0.6 is 0 Å². The maximum absolute atomic E-state index is 11.5. The van der Waals surface area contributed by atoms with Crippen molar-refractivity contribution in [1.29, 1.82) is 0 Å². The summed E-state index contributed by atoms with van der Waals surface area (Å²) in [4.78, 5) is 22.5. The quantitative estimate of drug-likeness (QED) is 0.593. The molecule has 86 valence electrons. The lowest BCUT2D eigenvalue weighted by Crippen LogP contribution is -2.55. The third kappa shape index (κ3) is 2.92. The molecule has 1 aliphatic heterocycles. The molecular formula is C10H18N2O3. The molecule has 0 aromatic heterocycles. The highest BCUT2D eigenvalue weighted by Crippen LogP contribution is 2.10. The van der Waals surface area contributed by atoms with Gasteiger partial charge in [0, 0.05) is 13.1 Å². The minimum absolute atomic E-state index is 0.0421. The number of carbonyl (C=O) groups is 2. The first-order chi connectivity index (χ1) is 7.06. The van der Waals surface area contributed by atoms with Gasteiger partial charge < -0.3 is 15.7 Å². The molecule has 0 unspecified atom stereocenters. The third-order valence-corrected chi connectivity index (χ3v) is 2.93. The average molecular weight is 214 g/mol. The maximum atomic E-state index is 11.5. The largest absolute Gasteiger partial charge is 0.480 e. The maximum Gasteiger partial charge on any atom is 0.326 e. The van der Waals surface area contributed by atoms with Crippen molar-refractivity contribution >= 4 is 11.9 Å². The van der Waals surface area contributed by atoms with E-state index in [2.05, 4.69) is 10.6 Å². The zero-order valence-corrected chi connectivity index (χ0v) is 9.12. The molecule has 0 aromatic rings. The van der Waals surface area contributed by atoms with Gasteiger partial charge >= 0.3 is 5.97 Å². The predicted molar refractivity (Wildman–Crippen MR) is 55.4 cm³/mol. The Bertz CT molecular complexity index is 251. The van der Waals surface area contributed by atoms with Gasteiger partial charge in [-0.05, 0) is 5.92 Å². The van der Waals surface area contributed by atoms with Gasteiger partial charge in [0.1, 0.15) is 6.04 Å². The lowest BCUT2D eigenvalue weighted by atomic mass is 9.97. The van der Waals surface area contributed by atoms with Crippen LogP contribution in [0.4, 0.5) is 0 Å². The van der Waals surface area contributed by atoms with Crippen LogP contribution in [0.25, 0.3) is 0 Å². The van der Waals surface area contributed by atoms with Gasteiger partial charge in [-0.3, -0.25) is 4.79 Å². The van der Waals surface area contributed by atoms with Gasteiger partial charge in [0.25, 0.3) is 0 Å². The molecule has 1 fully saturated rings. The van der Waals surface area contributed by atoms with E-state index in [4.69, 9.17) is 5.11 Å². The summed E-state index contributed by atoms with van der Waals surface area (Å²) >= 11 is 0. The molecule has 0 saturated carbocycles. The highest BCUT2D eigenvalue weighted by atomic mass is 16.4. The molecule has 5 nitrogen and oxygen atoms in total. The fraction of sp³-hybridized carbons (Fsp3) is 0.800. The van der Waals surface area contributed by atoms with Crippen LogP contribution in [0, 0.1) is 11.8 Å². The summed E-state index contributed by atoms with van der Waals surface area (Å²) in [7, 11) is 0. The zero-order valence-electron chi connectivity index (χ0n) is 9.12. The molecule has 1 amide bonds. The van der Waals surface area contributed by atoms with Gasteiger partial charge in [0.2, 0.25) is 5.91 Å². The number of rotatable bonds is 5. The van der Waals surface area contributed by atoms with Crippen LogP contribution in [0.3, 0.4) is 0 Å². The first kappa shape index (κ1) is 12.0. The molecule has 0 aromatic carbocycles. The van der Waals surface area contributed by atoms with E-state index in [1.807, 2.05) is 13.8 Å². The second-order valence-electron chi connectivity index (χ2n) is 4.07. The lowest BCUT2D eigenvalue weighted by molar-refractivity contribution is -0.144. The molecule has 0 bridgehead atoms. The normalized spacial score (nSPS) is 20.1. The van der Waals surface area contributed by atoms with E-state index >= 15 is 0 Å². The molecule has 1 heterocycles. The van der Waals surface area contributed by atoms with E-state index in [-0.39, 0.29) is 17.7 Å². The fourth-order valence-corrected chi connectivity index (χ4v) is 1.43. The summed E-state index contributed by atoms with van der Waals surface area (Å²) in [5.41, 5.74) is 0. The lowest BCUT2D eigenvalue weighted by Gasteiger charge is -2.28. The van der Waals surface area contributed by atoms with Crippen LogP contribution in [-0.2, 0) is 9.59 Å². The van der Waals surface area contributed by atoms with Crippen LogP contribution in [0.1, 0.15) is 20.3 Å². The van der Waals surface area contributed by atoms with E-state index in [0.29, 0.717) is 13.1 Å². The van der Waals surface area contributed by atoms with Gasteiger partial charge in [-0.2, -0.15) is 0 Å². The number of hydrogen-bond donors (Lipinski definition) is 3. The minimum atomic E-state index is -0.954. The molecule has 0 radical (unpaired) electrons. The highest BCUT2D eigenvalue weighted by molar-refractivity contribution is 5.85. The number of aliphatic carboxylic acids is 1. The Morgan fingerprint density at radius 1 is 1.53 bits per heavy atom. The van der Waals surface area contributed by atoms with Crippen molar-refractivity contribution in [2.45, 2.75) is 26.3 Å². The van der Waals surface area contributed by atoms with Crippen LogP contribution in [-0.4, -0.2) is 36.1 Å². The Balaban J connectivity index is 2.49. The van der Waals surface area contributed by atoms with Crippen LogP contribution in [0.5, 0.6) is 0 Å². The molecule has 5 heteroatoms. The molecule has 1 aliphatic rings. The monoisotopic (exact) mass is 214 g/mol. The van der Waals surface area contributed by atoms with Crippen molar-refractivity contribution in [3.05, 3.63) is 0 Å². The highest BCUT2D eigenvalue weighted by Gasteiger charge is 2.31. The first-order valence-corrected chi connectivity index (χ1v) is 5.30.